The molecule has 0 spiro atoms. The van der Waals surface area contributed by atoms with Crippen LogP contribution in [0.5, 0.6) is 11.5 Å². The second-order valence-corrected chi connectivity index (χ2v) is 6.06. The summed E-state index contributed by atoms with van der Waals surface area (Å²) in [6.07, 6.45) is 0. The Kier molecular flexibility index (Phi) is 5.73. The van der Waals surface area contributed by atoms with Gasteiger partial charge in [-0.15, -0.1) is 0 Å². The third kappa shape index (κ3) is 4.03. The van der Waals surface area contributed by atoms with Gasteiger partial charge in [0.25, 0.3) is 0 Å². The first-order chi connectivity index (χ1) is 13.5. The number of aromatic nitrogens is 4. The summed E-state index contributed by atoms with van der Waals surface area (Å²) < 4.78 is 12.7. The number of carbonyl (C=O) groups excluding carboxylic acids is 1. The molecule has 0 aliphatic heterocycles. The molecular weight excluding hydrogens is 362 g/mol. The molecular formula is C19H21N5O4. The van der Waals surface area contributed by atoms with Gasteiger partial charge in [0, 0.05) is 5.56 Å². The zero-order chi connectivity index (χ0) is 20.1. The molecule has 3 rings (SSSR count). The predicted octanol–water partition coefficient (Wildman–Crippen LogP) is 1.32. The summed E-state index contributed by atoms with van der Waals surface area (Å²) in [4.78, 5) is 24.9. The maximum atomic E-state index is 12.4. The average molecular weight is 383 g/mol. The zero-order valence-corrected chi connectivity index (χ0v) is 15.8. The van der Waals surface area contributed by atoms with Gasteiger partial charge in [0.2, 0.25) is 5.91 Å². The van der Waals surface area contributed by atoms with Crippen LogP contribution < -0.4 is 20.5 Å². The minimum absolute atomic E-state index is 0.248. The van der Waals surface area contributed by atoms with Gasteiger partial charge < -0.3 is 14.8 Å². The molecule has 0 aliphatic rings. The first kappa shape index (κ1) is 19.2. The molecule has 0 aliphatic carbocycles. The summed E-state index contributed by atoms with van der Waals surface area (Å²) in [6, 6.07) is 13.9. The number of para-hydroxylation sites is 1. The van der Waals surface area contributed by atoms with E-state index in [0.717, 1.165) is 14.9 Å². The van der Waals surface area contributed by atoms with Crippen LogP contribution in [0.25, 0.3) is 5.69 Å². The number of nitrogens with one attached hydrogen (secondary N) is 1. The molecule has 9 heteroatoms. The van der Waals surface area contributed by atoms with Gasteiger partial charge in [0.1, 0.15) is 18.0 Å². The molecule has 28 heavy (non-hydrogen) atoms. The van der Waals surface area contributed by atoms with E-state index >= 15 is 0 Å². The van der Waals surface area contributed by atoms with Gasteiger partial charge in [-0.1, -0.05) is 18.2 Å². The van der Waals surface area contributed by atoms with Crippen molar-refractivity contribution in [2.75, 3.05) is 14.2 Å². The van der Waals surface area contributed by atoms with Crippen molar-refractivity contribution in [1.82, 2.24) is 25.1 Å². The molecule has 0 fully saturated rings. The molecule has 146 valence electrons. The fraction of sp³-hybridized carbons (Fsp3) is 0.263. The van der Waals surface area contributed by atoms with E-state index in [9.17, 15) is 9.59 Å². The first-order valence-electron chi connectivity index (χ1n) is 8.63. The Morgan fingerprint density at radius 2 is 1.86 bits per heavy atom. The number of benzene rings is 2. The number of amides is 1. The lowest BCUT2D eigenvalue weighted by Crippen LogP contribution is -2.34. The minimum Gasteiger partial charge on any atom is -0.497 e. The van der Waals surface area contributed by atoms with E-state index in [4.69, 9.17) is 9.47 Å². The Hall–Kier alpha value is -3.62. The number of nitrogens with zero attached hydrogens (tertiary/aromatic N) is 4. The van der Waals surface area contributed by atoms with Crippen molar-refractivity contribution in [3.63, 3.8) is 0 Å². The van der Waals surface area contributed by atoms with Crippen LogP contribution in [0.4, 0.5) is 0 Å². The van der Waals surface area contributed by atoms with Gasteiger partial charge in [-0.2, -0.15) is 9.36 Å². The van der Waals surface area contributed by atoms with E-state index < -0.39 is 5.69 Å². The van der Waals surface area contributed by atoms with Crippen LogP contribution in [-0.4, -0.2) is 39.9 Å². The van der Waals surface area contributed by atoms with E-state index in [1.54, 1.807) is 56.7 Å². The summed E-state index contributed by atoms with van der Waals surface area (Å²) in [5.74, 6) is 0.902. The van der Waals surface area contributed by atoms with Crippen LogP contribution in [0.1, 0.15) is 18.5 Å². The molecule has 2 aromatic carbocycles. The SMILES string of the molecule is COc1ccc(OC)c(C(C)NC(=O)Cn2nnn(-c3ccccc3)c2=O)c1. The topological polar surface area (TPSA) is 100 Å². The summed E-state index contributed by atoms with van der Waals surface area (Å²) in [5, 5.41) is 10.4. The van der Waals surface area contributed by atoms with Crippen molar-refractivity contribution in [2.45, 2.75) is 19.5 Å². The van der Waals surface area contributed by atoms with E-state index in [1.807, 2.05) is 13.0 Å². The van der Waals surface area contributed by atoms with Gasteiger partial charge >= 0.3 is 5.69 Å². The van der Waals surface area contributed by atoms with E-state index in [-0.39, 0.29) is 18.5 Å². The normalized spacial score (nSPS) is 11.7. The number of carbonyl (C=O) groups is 1. The molecule has 1 aromatic heterocycles. The molecule has 9 nitrogen and oxygen atoms in total. The third-order valence-electron chi connectivity index (χ3n) is 4.21. The van der Waals surface area contributed by atoms with Crippen LogP contribution in [-0.2, 0) is 11.3 Å². The molecule has 0 bridgehead atoms. The maximum absolute atomic E-state index is 12.4. The molecule has 0 radical (unpaired) electrons. The molecule has 0 saturated carbocycles. The Morgan fingerprint density at radius 1 is 1.11 bits per heavy atom. The summed E-state index contributed by atoms with van der Waals surface area (Å²) >= 11 is 0. The Morgan fingerprint density at radius 3 is 2.54 bits per heavy atom. The van der Waals surface area contributed by atoms with Gasteiger partial charge in [-0.25, -0.2) is 4.79 Å². The quantitative estimate of drug-likeness (QED) is 0.661. The van der Waals surface area contributed by atoms with Crippen molar-refractivity contribution >= 4 is 5.91 Å². The Labute approximate surface area is 161 Å². The Balaban J connectivity index is 1.73. The van der Waals surface area contributed by atoms with Crippen molar-refractivity contribution in [3.8, 4) is 17.2 Å². The molecule has 3 aromatic rings. The first-order valence-corrected chi connectivity index (χ1v) is 8.63. The second-order valence-electron chi connectivity index (χ2n) is 6.06. The number of hydrogen-bond donors (Lipinski definition) is 1. The van der Waals surface area contributed by atoms with Gasteiger partial charge in [-0.05, 0) is 47.7 Å². The molecule has 1 N–H and O–H groups in total. The molecule has 1 heterocycles. The van der Waals surface area contributed by atoms with Crippen molar-refractivity contribution in [3.05, 3.63) is 64.6 Å². The highest BCUT2D eigenvalue weighted by Gasteiger charge is 2.17. The average Bonchev–Trinajstić information content (AvgIpc) is 3.08. The van der Waals surface area contributed by atoms with Gasteiger partial charge in [0.05, 0.1) is 25.9 Å². The van der Waals surface area contributed by atoms with Gasteiger partial charge in [-0.3, -0.25) is 4.79 Å². The molecule has 1 atom stereocenters. The number of rotatable bonds is 7. The van der Waals surface area contributed by atoms with Crippen LogP contribution >= 0.6 is 0 Å². The highest BCUT2D eigenvalue weighted by Crippen LogP contribution is 2.29. The zero-order valence-electron chi connectivity index (χ0n) is 15.8. The van der Waals surface area contributed by atoms with Crippen LogP contribution in [0.3, 0.4) is 0 Å². The second kappa shape index (κ2) is 8.38. The summed E-state index contributed by atoms with van der Waals surface area (Å²) in [6.45, 7) is 1.57. The predicted molar refractivity (Wildman–Crippen MR) is 102 cm³/mol. The number of tetrazole rings is 1. The number of hydrogen-bond acceptors (Lipinski definition) is 6. The molecule has 0 saturated heterocycles. The lowest BCUT2D eigenvalue weighted by atomic mass is 10.1. The van der Waals surface area contributed by atoms with Crippen molar-refractivity contribution in [2.24, 2.45) is 0 Å². The molecule has 1 unspecified atom stereocenters. The highest BCUT2D eigenvalue weighted by molar-refractivity contribution is 5.76. The van der Waals surface area contributed by atoms with Crippen molar-refractivity contribution in [1.29, 1.82) is 0 Å². The van der Waals surface area contributed by atoms with Crippen molar-refractivity contribution < 1.29 is 14.3 Å². The smallest absolute Gasteiger partial charge is 0.368 e. The Bertz CT molecular complexity index is 1010. The fourth-order valence-corrected chi connectivity index (χ4v) is 2.78. The minimum atomic E-state index is -0.493. The van der Waals surface area contributed by atoms with E-state index in [2.05, 4.69) is 15.7 Å². The standard InChI is InChI=1S/C19H21N5O4/c1-13(16-11-15(27-2)9-10-17(16)28-3)20-18(25)12-23-19(26)24(22-21-23)14-7-5-4-6-8-14/h4-11,13H,12H2,1-3H3,(H,20,25). The summed E-state index contributed by atoms with van der Waals surface area (Å²) in [5.41, 5.74) is 0.845. The van der Waals surface area contributed by atoms with Crippen LogP contribution in [0, 0.1) is 0 Å². The third-order valence-corrected chi connectivity index (χ3v) is 4.21. The largest absolute Gasteiger partial charge is 0.497 e. The van der Waals surface area contributed by atoms with E-state index in [1.165, 1.54) is 0 Å². The maximum Gasteiger partial charge on any atom is 0.368 e. The van der Waals surface area contributed by atoms with Crippen LogP contribution in [0.2, 0.25) is 0 Å². The van der Waals surface area contributed by atoms with Gasteiger partial charge in [0.15, 0.2) is 0 Å². The monoisotopic (exact) mass is 383 g/mol. The van der Waals surface area contributed by atoms with Crippen LogP contribution in [0.15, 0.2) is 53.3 Å². The van der Waals surface area contributed by atoms with E-state index in [0.29, 0.717) is 17.2 Å². The highest BCUT2D eigenvalue weighted by atomic mass is 16.5. The molecule has 1 amide bonds. The lowest BCUT2D eigenvalue weighted by Gasteiger charge is -2.18. The number of ether oxygens (including phenoxy) is 2. The number of methoxy groups -OCH3 is 2. The summed E-state index contributed by atoms with van der Waals surface area (Å²) in [7, 11) is 3.12. The lowest BCUT2D eigenvalue weighted by molar-refractivity contribution is -0.122. The fourth-order valence-electron chi connectivity index (χ4n) is 2.78.